The monoisotopic (exact) mass is 352 g/mol. The second kappa shape index (κ2) is 11.5. The Kier molecular flexibility index (Phi) is 10.1. The van der Waals surface area contributed by atoms with Gasteiger partial charge in [0.2, 0.25) is 0 Å². The van der Waals surface area contributed by atoms with Gasteiger partial charge in [-0.1, -0.05) is 50.5 Å². The van der Waals surface area contributed by atoms with Gasteiger partial charge in [-0.2, -0.15) is 0 Å². The van der Waals surface area contributed by atoms with Crippen molar-refractivity contribution in [3.05, 3.63) is 24.3 Å². The molecule has 144 valence electrons. The van der Waals surface area contributed by atoms with E-state index in [1.165, 1.54) is 0 Å². The maximum absolute atomic E-state index is 10.5. The number of carboxylic acids is 1. The van der Waals surface area contributed by atoms with E-state index >= 15 is 0 Å². The van der Waals surface area contributed by atoms with Crippen molar-refractivity contribution in [1.29, 1.82) is 0 Å². The number of carboxylic acid groups (broad SMARTS) is 1. The Morgan fingerprint density at radius 2 is 1.92 bits per heavy atom. The summed E-state index contributed by atoms with van der Waals surface area (Å²) in [6.07, 6.45) is 16.1. The lowest BCUT2D eigenvalue weighted by molar-refractivity contribution is -0.136. The molecule has 0 aromatic carbocycles. The minimum atomic E-state index is -0.771. The number of aliphatic hydroxyl groups is 2. The highest BCUT2D eigenvalue weighted by Crippen LogP contribution is 2.37. The first kappa shape index (κ1) is 21.9. The average Bonchev–Trinajstić information content (AvgIpc) is 2.89. The summed E-state index contributed by atoms with van der Waals surface area (Å²) in [6, 6.07) is 0. The van der Waals surface area contributed by atoms with Crippen LogP contribution in [-0.4, -0.2) is 33.0 Å². The third-order valence-corrected chi connectivity index (χ3v) is 5.19. The number of aliphatic carboxylic acids is 1. The van der Waals surface area contributed by atoms with E-state index in [2.05, 4.69) is 13.0 Å². The molecule has 1 fully saturated rings. The zero-order valence-electron chi connectivity index (χ0n) is 15.9. The molecule has 4 nitrogen and oxygen atoms in total. The van der Waals surface area contributed by atoms with Gasteiger partial charge in [0.1, 0.15) is 0 Å². The van der Waals surface area contributed by atoms with Crippen LogP contribution in [0.4, 0.5) is 0 Å². The van der Waals surface area contributed by atoms with Crippen molar-refractivity contribution >= 4 is 5.97 Å². The van der Waals surface area contributed by atoms with Gasteiger partial charge in [-0.15, -0.1) is 0 Å². The Balaban J connectivity index is 2.44. The van der Waals surface area contributed by atoms with Gasteiger partial charge in [0.15, 0.2) is 0 Å². The van der Waals surface area contributed by atoms with E-state index in [4.69, 9.17) is 5.11 Å². The van der Waals surface area contributed by atoms with Gasteiger partial charge in [-0.3, -0.25) is 4.79 Å². The van der Waals surface area contributed by atoms with Crippen LogP contribution in [0.15, 0.2) is 24.3 Å². The summed E-state index contributed by atoms with van der Waals surface area (Å²) in [5.74, 6) is -0.223. The van der Waals surface area contributed by atoms with Crippen LogP contribution in [0.1, 0.15) is 78.1 Å². The fraction of sp³-hybridized carbons (Fsp3) is 0.762. The van der Waals surface area contributed by atoms with Crippen molar-refractivity contribution < 1.29 is 20.1 Å². The zero-order chi connectivity index (χ0) is 18.7. The Bertz CT molecular complexity index is 439. The Hall–Kier alpha value is -1.13. The predicted octanol–water partition coefficient (Wildman–Crippen LogP) is 4.46. The number of carbonyl (C=O) groups is 1. The minimum Gasteiger partial charge on any atom is -0.481 e. The van der Waals surface area contributed by atoms with Gasteiger partial charge in [0.05, 0.1) is 11.7 Å². The topological polar surface area (TPSA) is 77.8 Å². The summed E-state index contributed by atoms with van der Waals surface area (Å²) >= 11 is 0. The number of hydrogen-bond donors (Lipinski definition) is 3. The van der Waals surface area contributed by atoms with Crippen molar-refractivity contribution in [2.24, 2.45) is 11.8 Å². The van der Waals surface area contributed by atoms with Crippen LogP contribution in [0.3, 0.4) is 0 Å². The number of allylic oxidation sites excluding steroid dienone is 3. The molecule has 0 spiro atoms. The van der Waals surface area contributed by atoms with Crippen molar-refractivity contribution in [2.45, 2.75) is 89.8 Å². The predicted molar refractivity (Wildman–Crippen MR) is 101 cm³/mol. The zero-order valence-corrected chi connectivity index (χ0v) is 15.9. The smallest absolute Gasteiger partial charge is 0.303 e. The molecule has 4 heteroatoms. The largest absolute Gasteiger partial charge is 0.481 e. The van der Waals surface area contributed by atoms with E-state index in [9.17, 15) is 15.0 Å². The lowest BCUT2D eigenvalue weighted by Gasteiger charge is -2.22. The van der Waals surface area contributed by atoms with Gasteiger partial charge >= 0.3 is 5.97 Å². The van der Waals surface area contributed by atoms with Gasteiger partial charge in [0.25, 0.3) is 0 Å². The number of unbranched alkanes of at least 4 members (excludes halogenated alkanes) is 2. The molecule has 4 unspecified atom stereocenters. The minimum absolute atomic E-state index is 0.168. The first-order chi connectivity index (χ1) is 11.9. The molecule has 4 atom stereocenters. The molecule has 0 aromatic heterocycles. The molecule has 0 aromatic rings. The molecule has 0 bridgehead atoms. The Labute approximate surface area is 152 Å². The second-order valence-corrected chi connectivity index (χ2v) is 7.63. The molecule has 0 radical (unpaired) electrons. The number of aliphatic hydroxyl groups excluding tert-OH is 1. The Morgan fingerprint density at radius 3 is 2.60 bits per heavy atom. The van der Waals surface area contributed by atoms with E-state index in [1.807, 2.05) is 25.2 Å². The molecule has 1 rings (SSSR count). The van der Waals surface area contributed by atoms with Crippen molar-refractivity contribution in [3.8, 4) is 0 Å². The van der Waals surface area contributed by atoms with Crippen LogP contribution < -0.4 is 0 Å². The average molecular weight is 353 g/mol. The molecule has 0 amide bonds. The first-order valence-electron chi connectivity index (χ1n) is 9.82. The molecule has 25 heavy (non-hydrogen) atoms. The summed E-state index contributed by atoms with van der Waals surface area (Å²) in [5, 5.41) is 29.3. The molecule has 1 aliphatic rings. The van der Waals surface area contributed by atoms with Crippen molar-refractivity contribution in [2.75, 3.05) is 0 Å². The van der Waals surface area contributed by atoms with Gasteiger partial charge in [-0.25, -0.2) is 0 Å². The van der Waals surface area contributed by atoms with E-state index in [1.54, 1.807) is 0 Å². The molecule has 0 saturated heterocycles. The number of rotatable bonds is 12. The Morgan fingerprint density at radius 1 is 1.20 bits per heavy atom. The fourth-order valence-electron chi connectivity index (χ4n) is 3.60. The van der Waals surface area contributed by atoms with Crippen molar-refractivity contribution in [1.82, 2.24) is 0 Å². The third-order valence-electron chi connectivity index (χ3n) is 5.19. The van der Waals surface area contributed by atoms with Gasteiger partial charge < -0.3 is 15.3 Å². The third kappa shape index (κ3) is 9.22. The van der Waals surface area contributed by atoms with E-state index in [0.29, 0.717) is 12.3 Å². The molecule has 0 aliphatic heterocycles. The van der Waals surface area contributed by atoms with Crippen LogP contribution in [0.2, 0.25) is 0 Å². The normalized spacial score (nSPS) is 26.5. The van der Waals surface area contributed by atoms with E-state index in [-0.39, 0.29) is 18.4 Å². The highest BCUT2D eigenvalue weighted by molar-refractivity contribution is 5.66. The fourth-order valence-corrected chi connectivity index (χ4v) is 3.60. The second-order valence-electron chi connectivity index (χ2n) is 7.63. The summed E-state index contributed by atoms with van der Waals surface area (Å²) in [7, 11) is 0. The summed E-state index contributed by atoms with van der Waals surface area (Å²) in [6.45, 7) is 4.02. The number of hydrogen-bond acceptors (Lipinski definition) is 3. The molecular weight excluding hydrogens is 316 g/mol. The maximum atomic E-state index is 10.5. The van der Waals surface area contributed by atoms with Gasteiger partial charge in [-0.05, 0) is 57.3 Å². The first-order valence-corrected chi connectivity index (χ1v) is 9.82. The van der Waals surface area contributed by atoms with Crippen LogP contribution in [0.5, 0.6) is 0 Å². The van der Waals surface area contributed by atoms with Gasteiger partial charge in [0, 0.05) is 6.42 Å². The molecule has 1 aliphatic carbocycles. The summed E-state index contributed by atoms with van der Waals surface area (Å²) in [5.41, 5.74) is -0.760. The van der Waals surface area contributed by atoms with Crippen LogP contribution in [0, 0.1) is 11.8 Å². The maximum Gasteiger partial charge on any atom is 0.303 e. The standard InChI is InChI=1S/C21H36O4/c1-3-4-9-15-21(2,25)16-14-17-12-13-19(22)18(17)10-7-5-6-8-11-20(23)24/h5-6,14,16-19,22,25H,3-4,7-13,15H2,1-2H3,(H,23,24)/b6-5+,16-14-. The molecule has 0 heterocycles. The van der Waals surface area contributed by atoms with E-state index in [0.717, 1.165) is 51.4 Å². The quantitative estimate of drug-likeness (QED) is 0.358. The van der Waals surface area contributed by atoms with E-state index < -0.39 is 11.6 Å². The summed E-state index contributed by atoms with van der Waals surface area (Å²) < 4.78 is 0. The molecule has 3 N–H and O–H groups in total. The molecular formula is C21H36O4. The summed E-state index contributed by atoms with van der Waals surface area (Å²) in [4.78, 5) is 10.5. The SMILES string of the molecule is CCCCCC(C)(O)/C=C\C1CCC(O)C1CC/C=C/CCC(=O)O. The van der Waals surface area contributed by atoms with Crippen LogP contribution >= 0.6 is 0 Å². The lowest BCUT2D eigenvalue weighted by atomic mass is 9.88. The highest BCUT2D eigenvalue weighted by atomic mass is 16.4. The van der Waals surface area contributed by atoms with Crippen LogP contribution in [-0.2, 0) is 4.79 Å². The van der Waals surface area contributed by atoms with Crippen LogP contribution in [0.25, 0.3) is 0 Å². The van der Waals surface area contributed by atoms with Crippen molar-refractivity contribution in [3.63, 3.8) is 0 Å². The lowest BCUT2D eigenvalue weighted by Crippen LogP contribution is -2.22. The molecule has 1 saturated carbocycles. The highest BCUT2D eigenvalue weighted by Gasteiger charge is 2.33.